The van der Waals surface area contributed by atoms with Gasteiger partial charge in [-0.2, -0.15) is 0 Å². The van der Waals surface area contributed by atoms with Gasteiger partial charge in [-0.05, 0) is 54.7 Å². The first-order valence-corrected chi connectivity index (χ1v) is 13.5. The van der Waals surface area contributed by atoms with E-state index in [0.717, 1.165) is 18.4 Å². The second-order valence-electron chi connectivity index (χ2n) is 10.9. The standard InChI is InChI=1S/C31H35N5O4/c1-16-13-17(2)28(18(3)14-16)40-31(39)25-19(4)23(35-29(25)33-20(5)37)15-24-26(22-11-9-8-10-12-22)27(32-7)30(36-24)34-21(6)38/h8-12,15-18,28,35H,13-14H2,1-6H3,(H,33,37)(H,34,36,38)/b24-15-. The number of esters is 1. The van der Waals surface area contributed by atoms with Crippen LogP contribution in [0, 0.1) is 31.2 Å². The Balaban J connectivity index is 1.79. The van der Waals surface area contributed by atoms with E-state index in [1.54, 1.807) is 13.0 Å². The zero-order valence-electron chi connectivity index (χ0n) is 23.7. The number of aromatic amines is 1. The highest BCUT2D eigenvalue weighted by atomic mass is 16.5. The molecular weight excluding hydrogens is 506 g/mol. The Kier molecular flexibility index (Phi) is 8.38. The van der Waals surface area contributed by atoms with Crippen molar-refractivity contribution in [1.82, 2.24) is 10.3 Å². The van der Waals surface area contributed by atoms with Gasteiger partial charge >= 0.3 is 5.97 Å². The molecule has 0 saturated heterocycles. The molecule has 0 bridgehead atoms. The second-order valence-corrected chi connectivity index (χ2v) is 10.9. The predicted molar refractivity (Wildman–Crippen MR) is 155 cm³/mol. The first kappa shape index (κ1) is 28.6. The molecule has 1 aliphatic heterocycles. The van der Waals surface area contributed by atoms with Crippen LogP contribution in [0.15, 0.2) is 46.7 Å². The van der Waals surface area contributed by atoms with Crippen molar-refractivity contribution in [2.24, 2.45) is 22.7 Å². The number of aromatic nitrogens is 1. The van der Waals surface area contributed by atoms with Crippen molar-refractivity contribution >= 4 is 41.1 Å². The topological polar surface area (TPSA) is 117 Å². The van der Waals surface area contributed by atoms with Gasteiger partial charge in [0, 0.05) is 25.1 Å². The Bertz CT molecular complexity index is 1460. The molecule has 1 saturated carbocycles. The number of aliphatic imine (C=N–C) groups is 1. The number of amides is 2. The summed E-state index contributed by atoms with van der Waals surface area (Å²) in [4.78, 5) is 48.9. The van der Waals surface area contributed by atoms with Gasteiger partial charge in [-0.15, -0.1) is 0 Å². The lowest BCUT2D eigenvalue weighted by atomic mass is 9.75. The molecule has 3 N–H and O–H groups in total. The van der Waals surface area contributed by atoms with E-state index < -0.39 is 5.97 Å². The third kappa shape index (κ3) is 5.91. The average Bonchev–Trinajstić information content (AvgIpc) is 3.36. The maximum absolute atomic E-state index is 13.6. The number of hydrogen-bond acceptors (Lipinski definition) is 5. The largest absolute Gasteiger partial charge is 0.458 e. The maximum atomic E-state index is 13.6. The molecule has 1 aromatic heterocycles. The minimum absolute atomic E-state index is 0.160. The Labute approximate surface area is 234 Å². The van der Waals surface area contributed by atoms with Crippen molar-refractivity contribution < 1.29 is 19.1 Å². The van der Waals surface area contributed by atoms with Gasteiger partial charge in [-0.3, -0.25) is 9.59 Å². The van der Waals surface area contributed by atoms with Gasteiger partial charge in [0.25, 0.3) is 0 Å². The number of rotatable bonds is 5. The van der Waals surface area contributed by atoms with Crippen molar-refractivity contribution in [2.45, 2.75) is 60.5 Å². The molecular formula is C31H35N5O4. The van der Waals surface area contributed by atoms with Crippen LogP contribution in [0.25, 0.3) is 16.5 Å². The summed E-state index contributed by atoms with van der Waals surface area (Å²) in [5.41, 5.74) is 3.30. The summed E-state index contributed by atoms with van der Waals surface area (Å²) in [6, 6.07) is 9.31. The fourth-order valence-corrected chi connectivity index (χ4v) is 5.85. The van der Waals surface area contributed by atoms with Crippen LogP contribution in [0.3, 0.4) is 0 Å². The molecule has 1 fully saturated rings. The summed E-state index contributed by atoms with van der Waals surface area (Å²) in [7, 11) is 0. The fraction of sp³-hybridized carbons (Fsp3) is 0.387. The number of allylic oxidation sites excluding steroid dienone is 1. The van der Waals surface area contributed by atoms with Crippen LogP contribution in [0.1, 0.15) is 74.6 Å². The number of benzene rings is 1. The number of H-pyrrole nitrogens is 1. The summed E-state index contributed by atoms with van der Waals surface area (Å²) >= 11 is 0. The predicted octanol–water partition coefficient (Wildman–Crippen LogP) is 5.73. The van der Waals surface area contributed by atoms with Crippen LogP contribution in [-0.4, -0.2) is 34.7 Å². The molecule has 1 aliphatic carbocycles. The first-order chi connectivity index (χ1) is 19.0. The Morgan fingerprint density at radius 1 is 1.05 bits per heavy atom. The molecule has 2 amide bonds. The summed E-state index contributed by atoms with van der Waals surface area (Å²) in [5, 5.41) is 5.37. The maximum Gasteiger partial charge on any atom is 0.342 e. The van der Waals surface area contributed by atoms with Gasteiger partial charge in [0.15, 0.2) is 0 Å². The van der Waals surface area contributed by atoms with Crippen molar-refractivity contribution in [3.05, 3.63) is 75.5 Å². The minimum atomic E-state index is -0.505. The fourth-order valence-electron chi connectivity index (χ4n) is 5.85. The molecule has 40 heavy (non-hydrogen) atoms. The number of ether oxygens (including phenoxy) is 1. The number of hydrogen-bond donors (Lipinski definition) is 3. The van der Waals surface area contributed by atoms with E-state index in [-0.39, 0.29) is 52.7 Å². The van der Waals surface area contributed by atoms with E-state index in [4.69, 9.17) is 11.3 Å². The number of carbonyl (C=O) groups excluding carboxylic acids is 3. The highest BCUT2D eigenvalue weighted by Crippen LogP contribution is 2.38. The molecule has 4 rings (SSSR count). The molecule has 9 heteroatoms. The quantitative estimate of drug-likeness (QED) is 0.331. The van der Waals surface area contributed by atoms with E-state index in [2.05, 4.69) is 46.2 Å². The number of nitrogens with one attached hydrogen (secondary N) is 3. The molecule has 208 valence electrons. The third-order valence-electron chi connectivity index (χ3n) is 7.41. The van der Waals surface area contributed by atoms with E-state index in [1.807, 2.05) is 30.3 Å². The monoisotopic (exact) mass is 541 g/mol. The molecule has 1 aromatic carbocycles. The van der Waals surface area contributed by atoms with Crippen LogP contribution in [-0.2, 0) is 14.3 Å². The van der Waals surface area contributed by atoms with Crippen molar-refractivity contribution in [3.8, 4) is 0 Å². The van der Waals surface area contributed by atoms with E-state index >= 15 is 0 Å². The Hall–Kier alpha value is -4.45. The number of amidine groups is 1. The molecule has 0 spiro atoms. The van der Waals surface area contributed by atoms with Crippen molar-refractivity contribution in [2.75, 3.05) is 5.32 Å². The van der Waals surface area contributed by atoms with Crippen LogP contribution in [0.5, 0.6) is 0 Å². The van der Waals surface area contributed by atoms with Gasteiger partial charge in [-0.25, -0.2) is 14.6 Å². The molecule has 2 aromatic rings. The second kappa shape index (κ2) is 11.7. The van der Waals surface area contributed by atoms with Gasteiger partial charge in [0.05, 0.1) is 12.3 Å². The SMILES string of the molecule is [C-]#[N+]C1=C(c2ccccc2)/C(=C/c2[nH]c(NC(C)=O)c(C(=O)OC3C(C)CC(C)CC3C)c2C)N=C1NC(C)=O. The highest BCUT2D eigenvalue weighted by Gasteiger charge is 2.36. The van der Waals surface area contributed by atoms with Crippen LogP contribution >= 0.6 is 0 Å². The van der Waals surface area contributed by atoms with Crippen molar-refractivity contribution in [3.63, 3.8) is 0 Å². The molecule has 0 radical (unpaired) electrons. The zero-order chi connectivity index (χ0) is 29.1. The van der Waals surface area contributed by atoms with Crippen molar-refractivity contribution in [1.29, 1.82) is 0 Å². The number of nitrogens with zero attached hydrogens (tertiary/aromatic N) is 2. The first-order valence-electron chi connectivity index (χ1n) is 13.5. The molecule has 2 heterocycles. The lowest BCUT2D eigenvalue weighted by molar-refractivity contribution is -0.117. The van der Waals surface area contributed by atoms with Gasteiger partial charge in [0.2, 0.25) is 17.5 Å². The van der Waals surface area contributed by atoms with Crippen LogP contribution in [0.4, 0.5) is 5.82 Å². The minimum Gasteiger partial charge on any atom is -0.458 e. The van der Waals surface area contributed by atoms with E-state index in [0.29, 0.717) is 28.4 Å². The number of carbonyl (C=O) groups is 3. The lowest BCUT2D eigenvalue weighted by Crippen LogP contribution is -2.37. The molecule has 2 aliphatic rings. The molecule has 2 unspecified atom stereocenters. The molecule has 9 nitrogen and oxygen atoms in total. The summed E-state index contributed by atoms with van der Waals surface area (Å²) in [5.74, 6) is 0.229. The van der Waals surface area contributed by atoms with Gasteiger partial charge in [-0.1, -0.05) is 51.1 Å². The van der Waals surface area contributed by atoms with E-state index in [1.165, 1.54) is 13.8 Å². The Morgan fingerprint density at radius 3 is 2.25 bits per heavy atom. The average molecular weight is 542 g/mol. The summed E-state index contributed by atoms with van der Waals surface area (Å²) < 4.78 is 6.07. The van der Waals surface area contributed by atoms with Gasteiger partial charge in [0.1, 0.15) is 23.3 Å². The van der Waals surface area contributed by atoms with Crippen LogP contribution in [0.2, 0.25) is 0 Å². The Morgan fingerprint density at radius 2 is 1.68 bits per heavy atom. The normalized spacial score (nSPS) is 23.4. The molecule has 2 atom stereocenters. The highest BCUT2D eigenvalue weighted by molar-refractivity contribution is 6.19. The van der Waals surface area contributed by atoms with Crippen LogP contribution < -0.4 is 10.6 Å². The summed E-state index contributed by atoms with van der Waals surface area (Å²) in [6.45, 7) is 18.7. The van der Waals surface area contributed by atoms with E-state index in [9.17, 15) is 14.4 Å². The summed E-state index contributed by atoms with van der Waals surface area (Å²) in [6.07, 6.45) is 3.46. The third-order valence-corrected chi connectivity index (χ3v) is 7.41. The van der Waals surface area contributed by atoms with Gasteiger partial charge < -0.3 is 20.4 Å². The lowest BCUT2D eigenvalue weighted by Gasteiger charge is -2.37. The smallest absolute Gasteiger partial charge is 0.342 e. The number of anilines is 1. The zero-order valence-corrected chi connectivity index (χ0v) is 23.7.